The summed E-state index contributed by atoms with van der Waals surface area (Å²) in [6.07, 6.45) is 0.717. The molecule has 1 aromatic rings. The fraction of sp³-hybridized carbons (Fsp3) is 0.556. The third-order valence-electron chi connectivity index (χ3n) is 4.28. The molecule has 1 saturated heterocycles. The lowest BCUT2D eigenvalue weighted by Crippen LogP contribution is -2.51. The van der Waals surface area contributed by atoms with Crippen LogP contribution in [0.2, 0.25) is 0 Å². The number of carbonyl (C=O) groups excluding carboxylic acids is 2. The van der Waals surface area contributed by atoms with Crippen LogP contribution in [0.3, 0.4) is 0 Å². The number of piperidine rings is 1. The molecule has 0 spiro atoms. The molecule has 24 heavy (non-hydrogen) atoms. The molecule has 2 atom stereocenters. The maximum Gasteiger partial charge on any atom is 0.407 e. The molecule has 1 heterocycles. The fourth-order valence-corrected chi connectivity index (χ4v) is 3.06. The van der Waals surface area contributed by atoms with Crippen LogP contribution < -0.4 is 5.32 Å². The van der Waals surface area contributed by atoms with Gasteiger partial charge in [0.2, 0.25) is 0 Å². The van der Waals surface area contributed by atoms with E-state index in [2.05, 4.69) is 17.1 Å². The smallest absolute Gasteiger partial charge is 0.407 e. The number of likely N-dealkylation sites (N-methyl/N-ethyl adjacent to an activating group) is 1. The van der Waals surface area contributed by atoms with Gasteiger partial charge in [0.1, 0.15) is 6.61 Å². The van der Waals surface area contributed by atoms with Crippen LogP contribution in [-0.2, 0) is 20.9 Å². The molecule has 0 aromatic heterocycles. The van der Waals surface area contributed by atoms with E-state index in [4.69, 9.17) is 9.47 Å². The second-order valence-electron chi connectivity index (χ2n) is 6.14. The molecule has 2 rings (SSSR count). The molecule has 6 nitrogen and oxygen atoms in total. The minimum Gasteiger partial charge on any atom is -0.469 e. The molecule has 1 aliphatic heterocycles. The Kier molecular flexibility index (Phi) is 7.06. The number of rotatable bonds is 6. The largest absolute Gasteiger partial charge is 0.469 e. The number of methoxy groups -OCH3 is 1. The number of amides is 1. The van der Waals surface area contributed by atoms with Crippen LogP contribution in [-0.4, -0.2) is 49.7 Å². The van der Waals surface area contributed by atoms with Crippen molar-refractivity contribution in [1.82, 2.24) is 10.2 Å². The zero-order valence-corrected chi connectivity index (χ0v) is 14.4. The van der Waals surface area contributed by atoms with Crippen molar-refractivity contribution in [3.05, 3.63) is 35.9 Å². The normalized spacial score (nSPS) is 21.1. The molecule has 2 unspecified atom stereocenters. The number of carbonyl (C=O) groups is 2. The molecule has 1 fully saturated rings. The van der Waals surface area contributed by atoms with E-state index in [0.29, 0.717) is 6.42 Å². The number of benzene rings is 1. The Labute approximate surface area is 143 Å². The lowest BCUT2D eigenvalue weighted by atomic mass is 9.91. The Morgan fingerprint density at radius 3 is 2.67 bits per heavy atom. The number of hydrogen-bond acceptors (Lipinski definition) is 5. The molecule has 1 aliphatic rings. The van der Waals surface area contributed by atoms with Crippen molar-refractivity contribution < 1.29 is 19.1 Å². The average Bonchev–Trinajstić information content (AvgIpc) is 2.60. The summed E-state index contributed by atoms with van der Waals surface area (Å²) in [5.74, 6) is -0.0195. The van der Waals surface area contributed by atoms with Gasteiger partial charge in [-0.05, 0) is 24.4 Å². The summed E-state index contributed by atoms with van der Waals surface area (Å²) >= 11 is 0. The number of nitrogens with one attached hydrogen (secondary N) is 1. The highest BCUT2D eigenvalue weighted by Crippen LogP contribution is 2.20. The maximum absolute atomic E-state index is 12.0. The molecule has 0 bridgehead atoms. The third-order valence-corrected chi connectivity index (χ3v) is 4.28. The summed E-state index contributed by atoms with van der Waals surface area (Å²) in [5.41, 5.74) is 0.954. The quantitative estimate of drug-likeness (QED) is 0.808. The predicted molar refractivity (Wildman–Crippen MR) is 90.4 cm³/mol. The second-order valence-corrected chi connectivity index (χ2v) is 6.14. The van der Waals surface area contributed by atoms with Gasteiger partial charge in [0.05, 0.1) is 7.11 Å². The van der Waals surface area contributed by atoms with Crippen LogP contribution >= 0.6 is 0 Å². The van der Waals surface area contributed by atoms with Crippen LogP contribution in [0.15, 0.2) is 30.3 Å². The first-order valence-electron chi connectivity index (χ1n) is 8.37. The summed E-state index contributed by atoms with van der Waals surface area (Å²) in [6.45, 7) is 4.83. The van der Waals surface area contributed by atoms with Crippen LogP contribution in [0, 0.1) is 5.92 Å². The highest BCUT2D eigenvalue weighted by molar-refractivity contribution is 5.69. The molecule has 0 radical (unpaired) electrons. The standard InChI is InChI=1S/C18H26N2O4/c1-3-20-11-15(10-17(21)23-2)9-16(12-20)19-18(22)24-13-14-7-5-4-6-8-14/h4-8,15-16H,3,9-13H2,1-2H3,(H,19,22). The Morgan fingerprint density at radius 2 is 2.00 bits per heavy atom. The van der Waals surface area contributed by atoms with Gasteiger partial charge < -0.3 is 19.7 Å². The Balaban J connectivity index is 1.82. The van der Waals surface area contributed by atoms with Gasteiger partial charge >= 0.3 is 12.1 Å². The molecular formula is C18H26N2O4. The molecule has 1 amide bonds. The summed E-state index contributed by atoms with van der Waals surface area (Å²) in [4.78, 5) is 25.8. The van der Waals surface area contributed by atoms with Gasteiger partial charge in [-0.1, -0.05) is 37.3 Å². The number of ether oxygens (including phenoxy) is 2. The van der Waals surface area contributed by atoms with Crippen molar-refractivity contribution in [1.29, 1.82) is 0 Å². The number of esters is 1. The van der Waals surface area contributed by atoms with Crippen LogP contribution in [0.25, 0.3) is 0 Å². The van der Waals surface area contributed by atoms with E-state index in [1.54, 1.807) is 0 Å². The third kappa shape index (κ3) is 5.85. The maximum atomic E-state index is 12.0. The van der Waals surface area contributed by atoms with Crippen molar-refractivity contribution in [2.75, 3.05) is 26.7 Å². The molecule has 132 valence electrons. The van der Waals surface area contributed by atoms with E-state index < -0.39 is 6.09 Å². The topological polar surface area (TPSA) is 67.9 Å². The second kappa shape index (κ2) is 9.27. The van der Waals surface area contributed by atoms with Crippen molar-refractivity contribution in [2.24, 2.45) is 5.92 Å². The summed E-state index contributed by atoms with van der Waals surface area (Å²) < 4.78 is 10.0. The first-order chi connectivity index (χ1) is 11.6. The average molecular weight is 334 g/mol. The van der Waals surface area contributed by atoms with Gasteiger partial charge in [0.15, 0.2) is 0 Å². The molecule has 0 aliphatic carbocycles. The van der Waals surface area contributed by atoms with Crippen molar-refractivity contribution in [2.45, 2.75) is 32.4 Å². The fourth-order valence-electron chi connectivity index (χ4n) is 3.06. The molecular weight excluding hydrogens is 308 g/mol. The Hall–Kier alpha value is -2.08. The Bertz CT molecular complexity index is 535. The monoisotopic (exact) mass is 334 g/mol. The molecule has 1 N–H and O–H groups in total. The van der Waals surface area contributed by atoms with Crippen molar-refractivity contribution >= 4 is 12.1 Å². The zero-order chi connectivity index (χ0) is 17.4. The van der Waals surface area contributed by atoms with Gasteiger partial charge in [0, 0.05) is 25.6 Å². The summed E-state index contributed by atoms with van der Waals surface area (Å²) in [7, 11) is 1.40. The van der Waals surface area contributed by atoms with Crippen molar-refractivity contribution in [3.8, 4) is 0 Å². The first kappa shape index (κ1) is 18.3. The molecule has 6 heteroatoms. The number of alkyl carbamates (subject to hydrolysis) is 1. The molecule has 0 saturated carbocycles. The minimum atomic E-state index is -0.418. The van der Waals surface area contributed by atoms with Gasteiger partial charge in [-0.2, -0.15) is 0 Å². The van der Waals surface area contributed by atoms with E-state index in [1.807, 2.05) is 30.3 Å². The number of hydrogen-bond donors (Lipinski definition) is 1. The van der Waals surface area contributed by atoms with E-state index in [1.165, 1.54) is 7.11 Å². The predicted octanol–water partition coefficient (Wildman–Crippen LogP) is 2.19. The first-order valence-corrected chi connectivity index (χ1v) is 8.37. The van der Waals surface area contributed by atoms with Gasteiger partial charge in [0.25, 0.3) is 0 Å². The number of nitrogens with zero attached hydrogens (tertiary/aromatic N) is 1. The van der Waals surface area contributed by atoms with Gasteiger partial charge in [-0.25, -0.2) is 4.79 Å². The zero-order valence-electron chi connectivity index (χ0n) is 14.4. The van der Waals surface area contributed by atoms with Gasteiger partial charge in [-0.3, -0.25) is 4.79 Å². The van der Waals surface area contributed by atoms with E-state index in [0.717, 1.165) is 31.6 Å². The van der Waals surface area contributed by atoms with Gasteiger partial charge in [-0.15, -0.1) is 0 Å². The summed E-state index contributed by atoms with van der Waals surface area (Å²) in [6, 6.07) is 9.56. The molecule has 1 aromatic carbocycles. The SMILES string of the molecule is CCN1CC(CC(=O)OC)CC(NC(=O)OCc2ccccc2)C1. The van der Waals surface area contributed by atoms with E-state index >= 15 is 0 Å². The van der Waals surface area contributed by atoms with Crippen molar-refractivity contribution in [3.63, 3.8) is 0 Å². The lowest BCUT2D eigenvalue weighted by molar-refractivity contribution is -0.142. The van der Waals surface area contributed by atoms with E-state index in [-0.39, 0.29) is 24.5 Å². The van der Waals surface area contributed by atoms with Crippen LogP contribution in [0.4, 0.5) is 4.79 Å². The van der Waals surface area contributed by atoms with Crippen LogP contribution in [0.1, 0.15) is 25.3 Å². The highest BCUT2D eigenvalue weighted by Gasteiger charge is 2.29. The van der Waals surface area contributed by atoms with E-state index in [9.17, 15) is 9.59 Å². The Morgan fingerprint density at radius 1 is 1.25 bits per heavy atom. The number of likely N-dealkylation sites (tertiary alicyclic amines) is 1. The lowest BCUT2D eigenvalue weighted by Gasteiger charge is -2.37. The highest BCUT2D eigenvalue weighted by atomic mass is 16.5. The summed E-state index contributed by atoms with van der Waals surface area (Å²) in [5, 5.41) is 2.92. The van der Waals surface area contributed by atoms with Crippen LogP contribution in [0.5, 0.6) is 0 Å². The minimum absolute atomic E-state index is 0.0170.